The molecule has 0 aromatic carbocycles. The lowest BCUT2D eigenvalue weighted by Crippen LogP contribution is -2.25. The quantitative estimate of drug-likeness (QED) is 0.417. The van der Waals surface area contributed by atoms with Gasteiger partial charge in [-0.05, 0) is 19.8 Å². The average molecular weight is 317 g/mol. The third kappa shape index (κ3) is 28.1. The van der Waals surface area contributed by atoms with E-state index in [9.17, 15) is 0 Å². The van der Waals surface area contributed by atoms with Crippen molar-refractivity contribution in [2.45, 2.75) is 104 Å². The zero-order valence-corrected chi connectivity index (χ0v) is 15.7. The summed E-state index contributed by atoms with van der Waals surface area (Å²) in [6.45, 7) is 8.83. The minimum Gasteiger partial charge on any atom is -0.381 e. The van der Waals surface area contributed by atoms with Crippen LogP contribution in [-0.4, -0.2) is 25.8 Å². The van der Waals surface area contributed by atoms with Gasteiger partial charge in [0.2, 0.25) is 0 Å². The zero-order valence-electron chi connectivity index (χ0n) is 15.7. The molecule has 3 heteroatoms. The number of hydrogen-bond acceptors (Lipinski definition) is 3. The maximum absolute atomic E-state index is 5.47. The lowest BCUT2D eigenvalue weighted by molar-refractivity contribution is 0.130. The molecule has 0 bridgehead atoms. The van der Waals surface area contributed by atoms with E-state index in [1.807, 2.05) is 6.92 Å². The minimum atomic E-state index is 0.162. The van der Waals surface area contributed by atoms with Crippen LogP contribution in [0.5, 0.6) is 0 Å². The molecule has 0 amide bonds. The van der Waals surface area contributed by atoms with Crippen LogP contribution in [0.15, 0.2) is 0 Å². The summed E-state index contributed by atoms with van der Waals surface area (Å²) < 4.78 is 5.47. The molecule has 0 spiro atoms. The summed E-state index contributed by atoms with van der Waals surface area (Å²) in [5.41, 5.74) is 10.2. The van der Waals surface area contributed by atoms with Crippen molar-refractivity contribution in [3.8, 4) is 0 Å². The standard InChI is InChI=1S/C16H34O.C3H10N2/c1-3-5-6-7-8-9-10-11-12-13-14-16-17-15-4-2;1-3(5)2-4/h3-16H2,1-2H3;3H,2,4-5H2,1H3. The number of hydrogen-bond donors (Lipinski definition) is 2. The van der Waals surface area contributed by atoms with Gasteiger partial charge in [0.15, 0.2) is 0 Å². The van der Waals surface area contributed by atoms with Crippen LogP contribution in [0.1, 0.15) is 97.8 Å². The first-order chi connectivity index (χ1) is 10.7. The fraction of sp³-hybridized carbons (Fsp3) is 1.00. The van der Waals surface area contributed by atoms with Crippen molar-refractivity contribution >= 4 is 0 Å². The van der Waals surface area contributed by atoms with Crippen LogP contribution >= 0.6 is 0 Å². The highest BCUT2D eigenvalue weighted by molar-refractivity contribution is 4.48. The first-order valence-corrected chi connectivity index (χ1v) is 9.72. The van der Waals surface area contributed by atoms with Crippen molar-refractivity contribution in [2.75, 3.05) is 19.8 Å². The molecule has 0 heterocycles. The van der Waals surface area contributed by atoms with Crippen LogP contribution in [0.2, 0.25) is 0 Å². The van der Waals surface area contributed by atoms with E-state index >= 15 is 0 Å². The summed E-state index contributed by atoms with van der Waals surface area (Å²) in [5, 5.41) is 0. The third-order valence-corrected chi connectivity index (χ3v) is 3.61. The van der Waals surface area contributed by atoms with Gasteiger partial charge in [0, 0.05) is 25.8 Å². The summed E-state index contributed by atoms with van der Waals surface area (Å²) in [7, 11) is 0. The smallest absolute Gasteiger partial charge is 0.0466 e. The average Bonchev–Trinajstić information content (AvgIpc) is 2.52. The molecule has 0 saturated heterocycles. The van der Waals surface area contributed by atoms with Crippen molar-refractivity contribution in [3.63, 3.8) is 0 Å². The summed E-state index contributed by atoms with van der Waals surface area (Å²) in [6.07, 6.45) is 16.7. The molecule has 136 valence electrons. The molecule has 0 aliphatic rings. The maximum Gasteiger partial charge on any atom is 0.0466 e. The lowest BCUT2D eigenvalue weighted by atomic mass is 10.1. The summed E-state index contributed by atoms with van der Waals surface area (Å²) in [4.78, 5) is 0. The molecule has 0 radical (unpaired) electrons. The Morgan fingerprint density at radius 2 is 1.09 bits per heavy atom. The Hall–Kier alpha value is -0.120. The summed E-state index contributed by atoms with van der Waals surface area (Å²) in [6, 6.07) is 0.162. The van der Waals surface area contributed by atoms with Crippen LogP contribution in [0, 0.1) is 0 Å². The highest BCUT2D eigenvalue weighted by Gasteiger charge is 1.93. The Kier molecular flexibility index (Phi) is 25.4. The van der Waals surface area contributed by atoms with Crippen molar-refractivity contribution in [2.24, 2.45) is 11.5 Å². The Morgan fingerprint density at radius 3 is 1.45 bits per heavy atom. The van der Waals surface area contributed by atoms with Crippen LogP contribution < -0.4 is 11.5 Å². The highest BCUT2D eigenvalue weighted by atomic mass is 16.5. The molecule has 4 N–H and O–H groups in total. The first-order valence-electron chi connectivity index (χ1n) is 9.72. The molecule has 3 nitrogen and oxygen atoms in total. The Labute approximate surface area is 140 Å². The lowest BCUT2D eigenvalue weighted by Gasteiger charge is -2.03. The predicted octanol–water partition coefficient (Wildman–Crippen LogP) is 5.02. The van der Waals surface area contributed by atoms with Crippen molar-refractivity contribution in [1.82, 2.24) is 0 Å². The second kappa shape index (κ2) is 23.2. The van der Waals surface area contributed by atoms with Gasteiger partial charge in [0.05, 0.1) is 0 Å². The van der Waals surface area contributed by atoms with E-state index in [2.05, 4.69) is 13.8 Å². The van der Waals surface area contributed by atoms with Gasteiger partial charge in [0.25, 0.3) is 0 Å². The van der Waals surface area contributed by atoms with Crippen LogP contribution in [0.4, 0.5) is 0 Å². The molecule has 0 rings (SSSR count). The van der Waals surface area contributed by atoms with Crippen molar-refractivity contribution in [1.29, 1.82) is 0 Å². The highest BCUT2D eigenvalue weighted by Crippen LogP contribution is 2.11. The Morgan fingerprint density at radius 1 is 0.682 bits per heavy atom. The number of unbranched alkanes of at least 4 members (excludes halogenated alkanes) is 10. The van der Waals surface area contributed by atoms with E-state index in [4.69, 9.17) is 16.2 Å². The van der Waals surface area contributed by atoms with E-state index in [-0.39, 0.29) is 6.04 Å². The van der Waals surface area contributed by atoms with Gasteiger partial charge >= 0.3 is 0 Å². The molecule has 0 saturated carbocycles. The van der Waals surface area contributed by atoms with E-state index in [1.165, 1.54) is 70.6 Å². The number of nitrogens with two attached hydrogens (primary N) is 2. The molecule has 0 fully saturated rings. The van der Waals surface area contributed by atoms with Crippen LogP contribution in [0.25, 0.3) is 0 Å². The van der Waals surface area contributed by atoms with Gasteiger partial charge in [0.1, 0.15) is 0 Å². The van der Waals surface area contributed by atoms with Crippen LogP contribution in [-0.2, 0) is 4.74 Å². The topological polar surface area (TPSA) is 61.3 Å². The van der Waals surface area contributed by atoms with Gasteiger partial charge in [-0.25, -0.2) is 0 Å². The van der Waals surface area contributed by atoms with E-state index in [0.29, 0.717) is 6.54 Å². The second-order valence-corrected chi connectivity index (χ2v) is 6.36. The van der Waals surface area contributed by atoms with E-state index < -0.39 is 0 Å². The second-order valence-electron chi connectivity index (χ2n) is 6.36. The van der Waals surface area contributed by atoms with Gasteiger partial charge in [-0.3, -0.25) is 0 Å². The maximum atomic E-state index is 5.47. The molecule has 0 aromatic rings. The molecular formula is C19H44N2O. The SMILES string of the molecule is CC(N)CN.CCCCCCCCCCCCCOCCC. The number of rotatable bonds is 15. The van der Waals surface area contributed by atoms with Crippen molar-refractivity contribution in [3.05, 3.63) is 0 Å². The first kappa shape index (κ1) is 24.1. The molecule has 0 aromatic heterocycles. The Bertz CT molecular complexity index is 161. The normalized spacial score (nSPS) is 11.9. The molecule has 0 aliphatic carbocycles. The Balaban J connectivity index is 0. The van der Waals surface area contributed by atoms with E-state index in [1.54, 1.807) is 0 Å². The van der Waals surface area contributed by atoms with E-state index in [0.717, 1.165) is 19.6 Å². The fourth-order valence-corrected chi connectivity index (χ4v) is 2.11. The summed E-state index contributed by atoms with van der Waals surface area (Å²) in [5.74, 6) is 0. The summed E-state index contributed by atoms with van der Waals surface area (Å²) >= 11 is 0. The largest absolute Gasteiger partial charge is 0.381 e. The fourth-order valence-electron chi connectivity index (χ4n) is 2.11. The molecule has 1 atom stereocenters. The number of ether oxygens (including phenoxy) is 1. The van der Waals surface area contributed by atoms with Crippen molar-refractivity contribution < 1.29 is 4.74 Å². The third-order valence-electron chi connectivity index (χ3n) is 3.61. The molecular weight excluding hydrogens is 272 g/mol. The predicted molar refractivity (Wildman–Crippen MR) is 100 cm³/mol. The zero-order chi connectivity index (χ0) is 16.9. The molecule has 1 unspecified atom stereocenters. The molecule has 22 heavy (non-hydrogen) atoms. The molecule has 0 aliphatic heterocycles. The minimum absolute atomic E-state index is 0.162. The monoisotopic (exact) mass is 316 g/mol. The van der Waals surface area contributed by atoms with Gasteiger partial charge < -0.3 is 16.2 Å². The van der Waals surface area contributed by atoms with Gasteiger partial charge in [-0.2, -0.15) is 0 Å². The van der Waals surface area contributed by atoms with Gasteiger partial charge in [-0.15, -0.1) is 0 Å². The van der Waals surface area contributed by atoms with Gasteiger partial charge in [-0.1, -0.05) is 78.1 Å². The van der Waals surface area contributed by atoms with Crippen LogP contribution in [0.3, 0.4) is 0 Å².